The minimum absolute atomic E-state index is 0.0419. The van der Waals surface area contributed by atoms with Crippen molar-refractivity contribution in [3.8, 4) is 0 Å². The Morgan fingerprint density at radius 1 is 1.62 bits per heavy atom. The zero-order valence-corrected chi connectivity index (χ0v) is 4.38. The number of allylic oxidation sites excluding steroid dienone is 2. The fourth-order valence-electron chi connectivity index (χ4n) is 0.569. The van der Waals surface area contributed by atoms with Crippen molar-refractivity contribution in [1.82, 2.24) is 0 Å². The number of alkyl halides is 1. The van der Waals surface area contributed by atoms with Gasteiger partial charge in [0, 0.05) is 5.92 Å². The fraction of sp³-hybridized carbons (Fsp3) is 0.500. The summed E-state index contributed by atoms with van der Waals surface area (Å²) in [7, 11) is 0. The Kier molecular flexibility index (Phi) is 1.42. The monoisotopic (exact) mass is 114 g/mol. The third-order valence-electron chi connectivity index (χ3n) is 1.20. The molecule has 0 aromatic heterocycles. The van der Waals surface area contributed by atoms with Crippen molar-refractivity contribution in [2.45, 2.75) is 12.6 Å². The van der Waals surface area contributed by atoms with Crippen molar-refractivity contribution in [3.63, 3.8) is 0 Å². The SMILES string of the molecule is O=C/C=C\C1CC1F. The van der Waals surface area contributed by atoms with E-state index in [1.807, 2.05) is 0 Å². The summed E-state index contributed by atoms with van der Waals surface area (Å²) in [5.74, 6) is 0.0419. The van der Waals surface area contributed by atoms with Crippen LogP contribution in [0.3, 0.4) is 0 Å². The molecular formula is C6H7FO. The van der Waals surface area contributed by atoms with E-state index in [1.165, 1.54) is 6.08 Å². The van der Waals surface area contributed by atoms with Gasteiger partial charge in [0.1, 0.15) is 12.5 Å². The van der Waals surface area contributed by atoms with Crippen molar-refractivity contribution in [2.24, 2.45) is 5.92 Å². The van der Waals surface area contributed by atoms with E-state index in [2.05, 4.69) is 0 Å². The summed E-state index contributed by atoms with van der Waals surface area (Å²) in [5.41, 5.74) is 0. The standard InChI is InChI=1S/C6H7FO/c7-6-4-5(6)2-1-3-8/h1-3,5-6H,4H2/b2-1-. The molecule has 0 amide bonds. The highest BCUT2D eigenvalue weighted by molar-refractivity contribution is 5.64. The largest absolute Gasteiger partial charge is 0.299 e. The first-order chi connectivity index (χ1) is 3.84. The van der Waals surface area contributed by atoms with Crippen LogP contribution in [-0.2, 0) is 4.79 Å². The highest BCUT2D eigenvalue weighted by atomic mass is 19.1. The van der Waals surface area contributed by atoms with E-state index in [1.54, 1.807) is 6.08 Å². The van der Waals surface area contributed by atoms with Crippen LogP contribution in [0, 0.1) is 5.92 Å². The highest BCUT2D eigenvalue weighted by Crippen LogP contribution is 2.34. The van der Waals surface area contributed by atoms with Gasteiger partial charge in [-0.05, 0) is 12.5 Å². The summed E-state index contributed by atoms with van der Waals surface area (Å²) >= 11 is 0. The molecule has 0 aromatic carbocycles. The molecule has 0 heterocycles. The van der Waals surface area contributed by atoms with Gasteiger partial charge in [0.2, 0.25) is 0 Å². The minimum atomic E-state index is -0.675. The molecule has 0 aromatic rings. The lowest BCUT2D eigenvalue weighted by Crippen LogP contribution is -1.71. The minimum Gasteiger partial charge on any atom is -0.299 e. The second-order valence-electron chi connectivity index (χ2n) is 1.94. The van der Waals surface area contributed by atoms with E-state index in [0.29, 0.717) is 12.7 Å². The Morgan fingerprint density at radius 2 is 2.25 bits per heavy atom. The van der Waals surface area contributed by atoms with Crippen LogP contribution in [0.25, 0.3) is 0 Å². The summed E-state index contributed by atoms with van der Waals surface area (Å²) in [6.45, 7) is 0. The molecule has 0 saturated heterocycles. The summed E-state index contributed by atoms with van der Waals surface area (Å²) in [6.07, 6.45) is 3.56. The zero-order chi connectivity index (χ0) is 5.98. The lowest BCUT2D eigenvalue weighted by molar-refractivity contribution is -0.104. The first-order valence-corrected chi connectivity index (χ1v) is 2.60. The number of carbonyl (C=O) groups excluding carboxylic acids is 1. The topological polar surface area (TPSA) is 17.1 Å². The lowest BCUT2D eigenvalue weighted by Gasteiger charge is -1.73. The predicted octanol–water partition coefficient (Wildman–Crippen LogP) is 1.10. The maximum atomic E-state index is 11.9. The first kappa shape index (κ1) is 5.48. The Labute approximate surface area is 47.2 Å². The van der Waals surface area contributed by atoms with Gasteiger partial charge < -0.3 is 0 Å². The molecule has 1 saturated carbocycles. The Balaban J connectivity index is 2.21. The summed E-state index contributed by atoms with van der Waals surface area (Å²) in [6, 6.07) is 0. The molecule has 2 atom stereocenters. The molecule has 2 unspecified atom stereocenters. The Hall–Kier alpha value is -0.660. The maximum Gasteiger partial charge on any atom is 0.142 e. The molecule has 1 fully saturated rings. The molecular weight excluding hydrogens is 107 g/mol. The van der Waals surface area contributed by atoms with Crippen molar-refractivity contribution in [3.05, 3.63) is 12.2 Å². The maximum absolute atomic E-state index is 11.9. The van der Waals surface area contributed by atoms with Crippen molar-refractivity contribution < 1.29 is 9.18 Å². The molecule has 0 N–H and O–H groups in total. The van der Waals surface area contributed by atoms with Crippen molar-refractivity contribution in [1.29, 1.82) is 0 Å². The average molecular weight is 114 g/mol. The van der Waals surface area contributed by atoms with E-state index >= 15 is 0 Å². The smallest absolute Gasteiger partial charge is 0.142 e. The van der Waals surface area contributed by atoms with Gasteiger partial charge >= 0.3 is 0 Å². The van der Waals surface area contributed by atoms with E-state index in [9.17, 15) is 9.18 Å². The number of hydrogen-bond donors (Lipinski definition) is 0. The molecule has 44 valence electrons. The van der Waals surface area contributed by atoms with Crippen LogP contribution in [0.5, 0.6) is 0 Å². The second-order valence-corrected chi connectivity index (χ2v) is 1.94. The van der Waals surface area contributed by atoms with Gasteiger partial charge in [-0.25, -0.2) is 4.39 Å². The van der Waals surface area contributed by atoms with Gasteiger partial charge in [-0.2, -0.15) is 0 Å². The number of rotatable bonds is 2. The zero-order valence-electron chi connectivity index (χ0n) is 4.38. The Bertz CT molecular complexity index is 120. The van der Waals surface area contributed by atoms with Gasteiger partial charge in [-0.3, -0.25) is 4.79 Å². The molecule has 0 radical (unpaired) electrons. The molecule has 1 nitrogen and oxygen atoms in total. The van der Waals surface area contributed by atoms with Crippen LogP contribution in [0.4, 0.5) is 4.39 Å². The van der Waals surface area contributed by atoms with E-state index in [0.717, 1.165) is 0 Å². The normalized spacial score (nSPS) is 35.6. The van der Waals surface area contributed by atoms with Crippen LogP contribution < -0.4 is 0 Å². The van der Waals surface area contributed by atoms with Crippen molar-refractivity contribution in [2.75, 3.05) is 0 Å². The molecule has 1 rings (SSSR count). The average Bonchev–Trinajstić information content (AvgIpc) is 2.42. The third-order valence-corrected chi connectivity index (χ3v) is 1.20. The van der Waals surface area contributed by atoms with E-state index in [4.69, 9.17) is 0 Å². The quantitative estimate of drug-likeness (QED) is 0.388. The summed E-state index contributed by atoms with van der Waals surface area (Å²) in [5, 5.41) is 0. The number of hydrogen-bond acceptors (Lipinski definition) is 1. The molecule has 0 aliphatic heterocycles. The van der Waals surface area contributed by atoms with Gasteiger partial charge in [0.05, 0.1) is 0 Å². The van der Waals surface area contributed by atoms with Crippen LogP contribution in [0.15, 0.2) is 12.2 Å². The number of carbonyl (C=O) groups is 1. The molecule has 8 heavy (non-hydrogen) atoms. The summed E-state index contributed by atoms with van der Waals surface area (Å²) in [4.78, 5) is 9.63. The molecule has 1 aliphatic carbocycles. The third kappa shape index (κ3) is 1.15. The van der Waals surface area contributed by atoms with Crippen LogP contribution >= 0.6 is 0 Å². The molecule has 1 aliphatic rings. The van der Waals surface area contributed by atoms with E-state index < -0.39 is 6.17 Å². The van der Waals surface area contributed by atoms with Crippen LogP contribution in [0.1, 0.15) is 6.42 Å². The highest BCUT2D eigenvalue weighted by Gasteiger charge is 2.34. The molecule has 0 bridgehead atoms. The Morgan fingerprint density at radius 3 is 2.62 bits per heavy atom. The molecule has 0 spiro atoms. The van der Waals surface area contributed by atoms with E-state index in [-0.39, 0.29) is 5.92 Å². The predicted molar refractivity (Wildman–Crippen MR) is 28.2 cm³/mol. The lowest BCUT2D eigenvalue weighted by atomic mass is 10.4. The number of halogens is 1. The van der Waals surface area contributed by atoms with Gasteiger partial charge in [0.15, 0.2) is 0 Å². The van der Waals surface area contributed by atoms with Gasteiger partial charge in [-0.15, -0.1) is 0 Å². The first-order valence-electron chi connectivity index (χ1n) is 2.60. The van der Waals surface area contributed by atoms with Crippen molar-refractivity contribution >= 4 is 6.29 Å². The fourth-order valence-corrected chi connectivity index (χ4v) is 0.569. The van der Waals surface area contributed by atoms with Crippen LogP contribution in [0.2, 0.25) is 0 Å². The van der Waals surface area contributed by atoms with Crippen LogP contribution in [-0.4, -0.2) is 12.5 Å². The summed E-state index contributed by atoms with van der Waals surface area (Å²) < 4.78 is 11.9. The number of aldehydes is 1. The second kappa shape index (κ2) is 2.07. The van der Waals surface area contributed by atoms with Gasteiger partial charge in [-0.1, -0.05) is 6.08 Å². The molecule has 2 heteroatoms. The van der Waals surface area contributed by atoms with Gasteiger partial charge in [0.25, 0.3) is 0 Å².